The number of rotatable bonds is 6. The molecule has 3 aromatic rings. The third-order valence-corrected chi connectivity index (χ3v) is 7.62. The van der Waals surface area contributed by atoms with E-state index in [1.165, 1.54) is 6.42 Å². The van der Waals surface area contributed by atoms with Gasteiger partial charge in [0.2, 0.25) is 0 Å². The molecular formula is C29H34N4O2. The van der Waals surface area contributed by atoms with Gasteiger partial charge >= 0.3 is 6.03 Å². The molecule has 0 aliphatic carbocycles. The molecule has 3 saturated heterocycles. The molecule has 6 rings (SSSR count). The molecule has 0 radical (unpaired) electrons. The molecule has 1 aromatic heterocycles. The van der Waals surface area contributed by atoms with E-state index in [-0.39, 0.29) is 18.1 Å². The number of methoxy groups -OCH3 is 1. The Hall–Kier alpha value is -3.38. The highest BCUT2D eigenvalue weighted by molar-refractivity contribution is 5.91. The number of ether oxygens (including phenoxy) is 1. The average molecular weight is 471 g/mol. The number of urea groups is 1. The van der Waals surface area contributed by atoms with Crippen molar-refractivity contribution in [3.05, 3.63) is 78.0 Å². The van der Waals surface area contributed by atoms with Crippen LogP contribution in [0.3, 0.4) is 0 Å². The van der Waals surface area contributed by atoms with Crippen LogP contribution in [0.15, 0.2) is 61.3 Å². The van der Waals surface area contributed by atoms with Gasteiger partial charge in [0, 0.05) is 29.9 Å². The normalized spacial score (nSPS) is 24.1. The summed E-state index contributed by atoms with van der Waals surface area (Å²) in [6.07, 6.45) is 6.15. The van der Waals surface area contributed by atoms with E-state index in [0.29, 0.717) is 11.8 Å². The highest BCUT2D eigenvalue weighted by Crippen LogP contribution is 2.42. The van der Waals surface area contributed by atoms with Crippen molar-refractivity contribution in [1.29, 1.82) is 0 Å². The van der Waals surface area contributed by atoms with Crippen LogP contribution in [0.4, 0.5) is 10.5 Å². The minimum absolute atomic E-state index is 0.188. The number of aryl methyl sites for hydroxylation is 2. The highest BCUT2D eigenvalue weighted by atomic mass is 16.5. The number of carbonyl (C=O) groups is 1. The second-order valence-electron chi connectivity index (χ2n) is 9.98. The van der Waals surface area contributed by atoms with Crippen molar-refractivity contribution < 1.29 is 9.53 Å². The van der Waals surface area contributed by atoms with Gasteiger partial charge in [-0.2, -0.15) is 0 Å². The summed E-state index contributed by atoms with van der Waals surface area (Å²) in [4.78, 5) is 20.5. The summed E-state index contributed by atoms with van der Waals surface area (Å²) in [7, 11) is 1.67. The number of benzene rings is 2. The summed E-state index contributed by atoms with van der Waals surface area (Å²) in [5.41, 5.74) is 5.00. The Morgan fingerprint density at radius 1 is 1.20 bits per heavy atom. The largest absolute Gasteiger partial charge is 0.497 e. The van der Waals surface area contributed by atoms with E-state index in [4.69, 9.17) is 4.74 Å². The molecule has 2 N–H and O–H groups in total. The van der Waals surface area contributed by atoms with Crippen molar-refractivity contribution in [3.63, 3.8) is 0 Å². The van der Waals surface area contributed by atoms with Crippen LogP contribution < -0.4 is 15.4 Å². The monoisotopic (exact) mass is 470 g/mol. The Morgan fingerprint density at radius 2 is 2.00 bits per heavy atom. The lowest BCUT2D eigenvalue weighted by Crippen LogP contribution is -2.57. The van der Waals surface area contributed by atoms with Gasteiger partial charge in [0.25, 0.3) is 0 Å². The first-order chi connectivity index (χ1) is 16.9. The molecule has 3 fully saturated rings. The van der Waals surface area contributed by atoms with E-state index in [2.05, 4.69) is 39.2 Å². The van der Waals surface area contributed by atoms with Crippen LogP contribution >= 0.6 is 0 Å². The summed E-state index contributed by atoms with van der Waals surface area (Å²) < 4.78 is 5.51. The Balaban J connectivity index is 1.51. The summed E-state index contributed by atoms with van der Waals surface area (Å²) in [5.74, 6) is 1.89. The SMILES string of the molecule is C=CC1CN2CCC1C[C@H]2[C@@H](NC(=O)Nc1cc(C)cc(C)c1)c1ccnc2ccc(OC)cc12. The number of nitrogens with one attached hydrogen (secondary N) is 2. The second-order valence-corrected chi connectivity index (χ2v) is 9.98. The smallest absolute Gasteiger partial charge is 0.319 e. The summed E-state index contributed by atoms with van der Waals surface area (Å²) in [5, 5.41) is 7.43. The van der Waals surface area contributed by atoms with Crippen LogP contribution in [0.2, 0.25) is 0 Å². The number of amides is 2. The van der Waals surface area contributed by atoms with Gasteiger partial charge < -0.3 is 15.4 Å². The van der Waals surface area contributed by atoms with Crippen molar-refractivity contribution in [3.8, 4) is 5.75 Å². The molecule has 2 aromatic carbocycles. The number of fused-ring (bicyclic) bond motifs is 4. The number of nitrogens with zero attached hydrogens (tertiary/aromatic N) is 2. The zero-order chi connectivity index (χ0) is 24.5. The molecule has 3 aliphatic heterocycles. The van der Waals surface area contributed by atoms with Crippen molar-refractivity contribution in [2.75, 3.05) is 25.5 Å². The molecule has 3 aliphatic rings. The zero-order valence-corrected chi connectivity index (χ0v) is 20.8. The predicted molar refractivity (Wildman–Crippen MR) is 141 cm³/mol. The maximum Gasteiger partial charge on any atom is 0.319 e. The van der Waals surface area contributed by atoms with Gasteiger partial charge in [-0.3, -0.25) is 9.88 Å². The minimum Gasteiger partial charge on any atom is -0.497 e. The maximum atomic E-state index is 13.4. The van der Waals surface area contributed by atoms with Gasteiger partial charge in [0.05, 0.1) is 18.7 Å². The molecule has 2 bridgehead atoms. The molecule has 5 atom stereocenters. The topological polar surface area (TPSA) is 66.5 Å². The van der Waals surface area contributed by atoms with Crippen molar-refractivity contribution in [2.45, 2.75) is 38.8 Å². The quantitative estimate of drug-likeness (QED) is 0.459. The average Bonchev–Trinajstić information content (AvgIpc) is 2.86. The third-order valence-electron chi connectivity index (χ3n) is 7.62. The first-order valence-electron chi connectivity index (χ1n) is 12.4. The number of anilines is 1. The van der Waals surface area contributed by atoms with Gasteiger partial charge in [-0.15, -0.1) is 6.58 Å². The molecular weight excluding hydrogens is 436 g/mol. The van der Waals surface area contributed by atoms with Gasteiger partial charge in [-0.05, 0) is 98.2 Å². The number of hydrogen-bond acceptors (Lipinski definition) is 4. The number of aromatic nitrogens is 1. The first kappa shape index (κ1) is 23.4. The third kappa shape index (κ3) is 4.76. The Kier molecular flexibility index (Phi) is 6.48. The fourth-order valence-corrected chi connectivity index (χ4v) is 6.01. The fraction of sp³-hybridized carbons (Fsp3) is 0.379. The number of carbonyl (C=O) groups excluding carboxylic acids is 1. The van der Waals surface area contributed by atoms with Gasteiger partial charge in [0.1, 0.15) is 5.75 Å². The van der Waals surface area contributed by atoms with Crippen molar-refractivity contribution in [2.24, 2.45) is 11.8 Å². The van der Waals surface area contributed by atoms with E-state index in [1.54, 1.807) is 7.11 Å². The van der Waals surface area contributed by atoms with E-state index in [9.17, 15) is 4.79 Å². The van der Waals surface area contributed by atoms with E-state index < -0.39 is 0 Å². The Morgan fingerprint density at radius 3 is 2.69 bits per heavy atom. The highest BCUT2D eigenvalue weighted by Gasteiger charge is 2.43. The molecule has 6 heteroatoms. The van der Waals surface area contributed by atoms with Crippen LogP contribution in [0.25, 0.3) is 10.9 Å². The predicted octanol–water partition coefficient (Wildman–Crippen LogP) is 5.62. The first-order valence-corrected chi connectivity index (χ1v) is 12.4. The fourth-order valence-electron chi connectivity index (χ4n) is 6.01. The van der Waals surface area contributed by atoms with Crippen molar-refractivity contribution >= 4 is 22.6 Å². The molecule has 4 heterocycles. The van der Waals surface area contributed by atoms with Gasteiger partial charge in [-0.1, -0.05) is 12.1 Å². The lowest BCUT2D eigenvalue weighted by Gasteiger charge is -2.51. The number of hydrogen-bond donors (Lipinski definition) is 2. The number of pyridine rings is 1. The molecule has 0 saturated carbocycles. The molecule has 182 valence electrons. The minimum atomic E-state index is -0.198. The summed E-state index contributed by atoms with van der Waals surface area (Å²) in [6, 6.07) is 13.9. The summed E-state index contributed by atoms with van der Waals surface area (Å²) >= 11 is 0. The second kappa shape index (κ2) is 9.70. The van der Waals surface area contributed by atoms with Crippen LogP contribution in [-0.2, 0) is 0 Å². The number of piperidine rings is 3. The lowest BCUT2D eigenvalue weighted by molar-refractivity contribution is 0.00340. The molecule has 35 heavy (non-hydrogen) atoms. The van der Waals surface area contributed by atoms with Crippen molar-refractivity contribution in [1.82, 2.24) is 15.2 Å². The van der Waals surface area contributed by atoms with Crippen LogP contribution in [0, 0.1) is 25.7 Å². The van der Waals surface area contributed by atoms with Crippen LogP contribution in [-0.4, -0.2) is 42.2 Å². The standard InChI is InChI=1S/C29H34N4O2/c1-5-20-17-33-11-9-21(20)15-27(33)28(32-29(34)31-22-13-18(2)12-19(3)14-22)24-8-10-30-26-7-6-23(35-4)16-25(24)26/h5-8,10,12-14,16,20-21,27-28H,1,9,11,15,17H2,2-4H3,(H2,31,32,34)/t20?,21?,27-,28-/m0/s1. The lowest BCUT2D eigenvalue weighted by atomic mass is 9.73. The van der Waals surface area contributed by atoms with E-state index >= 15 is 0 Å². The van der Waals surface area contributed by atoms with Crippen LogP contribution in [0.1, 0.15) is 35.6 Å². The Labute approximate surface area is 207 Å². The van der Waals surface area contributed by atoms with Crippen LogP contribution in [0.5, 0.6) is 5.75 Å². The van der Waals surface area contributed by atoms with E-state index in [0.717, 1.165) is 58.5 Å². The summed E-state index contributed by atoms with van der Waals surface area (Å²) in [6.45, 7) is 10.2. The molecule has 2 amide bonds. The van der Waals surface area contributed by atoms with Gasteiger partial charge in [0.15, 0.2) is 0 Å². The molecule has 6 nitrogen and oxygen atoms in total. The molecule has 3 unspecified atom stereocenters. The molecule has 0 spiro atoms. The Bertz CT molecular complexity index is 1240. The maximum absolute atomic E-state index is 13.4. The zero-order valence-electron chi connectivity index (χ0n) is 20.8. The van der Waals surface area contributed by atoms with E-state index in [1.807, 2.05) is 56.4 Å². The van der Waals surface area contributed by atoms with Gasteiger partial charge in [-0.25, -0.2) is 4.79 Å².